The molecule has 2 heterocycles. The first-order chi connectivity index (χ1) is 16.7. The molecule has 0 N–H and O–H groups in total. The van der Waals surface area contributed by atoms with Gasteiger partial charge < -0.3 is 14.5 Å². The van der Waals surface area contributed by atoms with Crippen molar-refractivity contribution in [2.75, 3.05) is 52.9 Å². The number of likely N-dealkylation sites (N-methyl/N-ethyl adjacent to an activating group) is 1. The van der Waals surface area contributed by atoms with Crippen LogP contribution in [0.4, 0.5) is 8.78 Å². The highest BCUT2D eigenvalue weighted by Gasteiger charge is 2.43. The van der Waals surface area contributed by atoms with E-state index < -0.39 is 32.0 Å². The van der Waals surface area contributed by atoms with Crippen molar-refractivity contribution in [2.45, 2.75) is 24.2 Å². The summed E-state index contributed by atoms with van der Waals surface area (Å²) in [7, 11) is -2.33. The topological polar surface area (TPSA) is 70.2 Å². The van der Waals surface area contributed by atoms with Crippen molar-refractivity contribution in [1.82, 2.24) is 14.1 Å². The largest absolute Gasteiger partial charge is 0.493 e. The molecule has 4 rings (SSSR count). The SMILES string of the molecule is CN1CCN(C(=O)CC2(COc3ccccc3)CCN(S(=O)(=O)c3c(F)cccc3F)CC2)CC1. The Labute approximate surface area is 205 Å². The molecule has 190 valence electrons. The Kier molecular flexibility index (Phi) is 7.73. The zero-order valence-electron chi connectivity index (χ0n) is 19.8. The van der Waals surface area contributed by atoms with Crippen LogP contribution in [-0.2, 0) is 14.8 Å². The number of carbonyl (C=O) groups is 1. The van der Waals surface area contributed by atoms with Gasteiger partial charge in [-0.05, 0) is 44.2 Å². The van der Waals surface area contributed by atoms with Crippen LogP contribution in [0.2, 0.25) is 0 Å². The molecular weight excluding hydrogens is 476 g/mol. The van der Waals surface area contributed by atoms with Crippen LogP contribution in [0.25, 0.3) is 0 Å². The minimum Gasteiger partial charge on any atom is -0.493 e. The molecule has 0 radical (unpaired) electrons. The number of sulfonamides is 1. The van der Waals surface area contributed by atoms with E-state index in [2.05, 4.69) is 4.90 Å². The number of hydrogen-bond donors (Lipinski definition) is 0. The monoisotopic (exact) mass is 507 g/mol. The maximum atomic E-state index is 14.2. The number of carbonyl (C=O) groups excluding carboxylic acids is 1. The number of piperazine rings is 1. The van der Waals surface area contributed by atoms with Gasteiger partial charge in [-0.3, -0.25) is 4.79 Å². The Morgan fingerprint density at radius 2 is 1.51 bits per heavy atom. The van der Waals surface area contributed by atoms with Crippen molar-refractivity contribution in [3.63, 3.8) is 0 Å². The molecule has 10 heteroatoms. The summed E-state index contributed by atoms with van der Waals surface area (Å²) in [5, 5.41) is 0. The molecule has 0 aliphatic carbocycles. The number of hydrogen-bond acceptors (Lipinski definition) is 5. The number of benzene rings is 2. The maximum Gasteiger partial charge on any atom is 0.248 e. The molecule has 2 aliphatic rings. The fourth-order valence-corrected chi connectivity index (χ4v) is 6.22. The Hall–Kier alpha value is -2.56. The fourth-order valence-electron chi connectivity index (χ4n) is 4.67. The molecule has 0 atom stereocenters. The first kappa shape index (κ1) is 25.5. The zero-order chi connectivity index (χ0) is 25.1. The minimum absolute atomic E-state index is 0.0196. The quantitative estimate of drug-likeness (QED) is 0.577. The summed E-state index contributed by atoms with van der Waals surface area (Å²) in [6, 6.07) is 12.3. The summed E-state index contributed by atoms with van der Waals surface area (Å²) >= 11 is 0. The summed E-state index contributed by atoms with van der Waals surface area (Å²) in [6.07, 6.45) is 0.911. The predicted molar refractivity (Wildman–Crippen MR) is 127 cm³/mol. The standard InChI is InChI=1S/C25H31F2N3O4S/c1-28-14-16-29(17-15-28)23(31)18-25(19-34-20-6-3-2-4-7-20)10-12-30(13-11-25)35(32,33)24-21(26)8-5-9-22(24)27/h2-9H,10-19H2,1H3. The number of rotatable bonds is 7. The van der Waals surface area contributed by atoms with Crippen molar-refractivity contribution >= 4 is 15.9 Å². The molecule has 2 aromatic carbocycles. The molecule has 1 amide bonds. The van der Waals surface area contributed by atoms with Gasteiger partial charge in [0.15, 0.2) is 4.90 Å². The van der Waals surface area contributed by atoms with Crippen LogP contribution in [0, 0.1) is 17.0 Å². The molecule has 0 saturated carbocycles. The molecule has 0 spiro atoms. The van der Waals surface area contributed by atoms with Crippen molar-refractivity contribution in [3.8, 4) is 5.75 Å². The fraction of sp³-hybridized carbons (Fsp3) is 0.480. The Bertz CT molecular complexity index is 1110. The highest BCUT2D eigenvalue weighted by molar-refractivity contribution is 7.89. The Morgan fingerprint density at radius 3 is 2.11 bits per heavy atom. The average Bonchev–Trinajstić information content (AvgIpc) is 2.84. The maximum absolute atomic E-state index is 14.2. The van der Waals surface area contributed by atoms with Crippen LogP contribution in [0.3, 0.4) is 0 Å². The first-order valence-electron chi connectivity index (χ1n) is 11.8. The molecule has 2 aromatic rings. The third-order valence-corrected chi connectivity index (χ3v) is 8.92. The van der Waals surface area contributed by atoms with Crippen molar-refractivity contribution in [3.05, 3.63) is 60.2 Å². The summed E-state index contributed by atoms with van der Waals surface area (Å²) < 4.78 is 61.7. The first-order valence-corrected chi connectivity index (χ1v) is 13.2. The molecule has 7 nitrogen and oxygen atoms in total. The number of para-hydroxylation sites is 1. The van der Waals surface area contributed by atoms with Crippen LogP contribution < -0.4 is 4.74 Å². The lowest BCUT2D eigenvalue weighted by Crippen LogP contribution is -2.51. The summed E-state index contributed by atoms with van der Waals surface area (Å²) in [6.45, 7) is 3.25. The van der Waals surface area contributed by atoms with Gasteiger partial charge in [0.2, 0.25) is 15.9 Å². The van der Waals surface area contributed by atoms with Gasteiger partial charge >= 0.3 is 0 Å². The van der Waals surface area contributed by atoms with E-state index in [1.54, 1.807) is 0 Å². The van der Waals surface area contributed by atoms with Gasteiger partial charge in [0, 0.05) is 51.1 Å². The van der Waals surface area contributed by atoms with Crippen molar-refractivity contribution in [1.29, 1.82) is 0 Å². The lowest BCUT2D eigenvalue weighted by molar-refractivity contribution is -0.136. The number of piperidine rings is 1. The summed E-state index contributed by atoms with van der Waals surface area (Å²) in [5.41, 5.74) is -0.587. The van der Waals surface area contributed by atoms with Gasteiger partial charge in [-0.15, -0.1) is 0 Å². The van der Waals surface area contributed by atoms with E-state index in [-0.39, 0.29) is 32.0 Å². The van der Waals surface area contributed by atoms with Crippen LogP contribution in [0.15, 0.2) is 53.4 Å². The van der Waals surface area contributed by atoms with Crippen LogP contribution >= 0.6 is 0 Å². The van der Waals surface area contributed by atoms with E-state index in [4.69, 9.17) is 4.74 Å². The van der Waals surface area contributed by atoms with Gasteiger partial charge in [0.05, 0.1) is 6.61 Å². The van der Waals surface area contributed by atoms with Gasteiger partial charge in [-0.1, -0.05) is 24.3 Å². The van der Waals surface area contributed by atoms with Crippen LogP contribution in [0.1, 0.15) is 19.3 Å². The van der Waals surface area contributed by atoms with E-state index in [1.807, 2.05) is 42.3 Å². The number of halogens is 2. The Morgan fingerprint density at radius 1 is 0.914 bits per heavy atom. The van der Waals surface area contributed by atoms with Crippen molar-refractivity contribution < 1.29 is 26.7 Å². The summed E-state index contributed by atoms with van der Waals surface area (Å²) in [5.74, 6) is -1.53. The highest BCUT2D eigenvalue weighted by atomic mass is 32.2. The molecular formula is C25H31F2N3O4S. The zero-order valence-corrected chi connectivity index (χ0v) is 20.6. The van der Waals surface area contributed by atoms with E-state index in [1.165, 1.54) is 0 Å². The molecule has 0 unspecified atom stereocenters. The lowest BCUT2D eigenvalue weighted by atomic mass is 9.76. The van der Waals surface area contributed by atoms with Crippen molar-refractivity contribution in [2.24, 2.45) is 5.41 Å². The minimum atomic E-state index is -4.35. The smallest absolute Gasteiger partial charge is 0.248 e. The number of amides is 1. The second-order valence-electron chi connectivity index (χ2n) is 9.42. The number of nitrogens with zero attached hydrogens (tertiary/aromatic N) is 3. The normalized spacial score (nSPS) is 19.5. The van der Waals surface area contributed by atoms with Crippen LogP contribution in [-0.4, -0.2) is 81.4 Å². The third kappa shape index (κ3) is 5.82. The molecule has 2 saturated heterocycles. The Balaban J connectivity index is 1.51. The molecule has 2 fully saturated rings. The van der Waals surface area contributed by atoms with Gasteiger partial charge in [0.25, 0.3) is 0 Å². The van der Waals surface area contributed by atoms with Gasteiger partial charge in [-0.2, -0.15) is 4.31 Å². The van der Waals surface area contributed by atoms with E-state index in [0.717, 1.165) is 35.6 Å². The van der Waals surface area contributed by atoms with E-state index >= 15 is 0 Å². The third-order valence-electron chi connectivity index (χ3n) is 6.97. The van der Waals surface area contributed by atoms with E-state index in [0.29, 0.717) is 31.7 Å². The van der Waals surface area contributed by atoms with Crippen LogP contribution in [0.5, 0.6) is 5.75 Å². The lowest BCUT2D eigenvalue weighted by Gasteiger charge is -2.42. The molecule has 0 bridgehead atoms. The summed E-state index contributed by atoms with van der Waals surface area (Å²) in [4.78, 5) is 16.3. The second-order valence-corrected chi connectivity index (χ2v) is 11.3. The highest BCUT2D eigenvalue weighted by Crippen LogP contribution is 2.38. The average molecular weight is 508 g/mol. The van der Waals surface area contributed by atoms with Gasteiger partial charge in [-0.25, -0.2) is 17.2 Å². The molecule has 2 aliphatic heterocycles. The predicted octanol–water partition coefficient (Wildman–Crippen LogP) is 2.98. The second kappa shape index (κ2) is 10.6. The number of ether oxygens (including phenoxy) is 1. The molecule has 0 aromatic heterocycles. The molecule has 35 heavy (non-hydrogen) atoms. The van der Waals surface area contributed by atoms with Gasteiger partial charge in [0.1, 0.15) is 17.4 Å². The van der Waals surface area contributed by atoms with E-state index in [9.17, 15) is 22.0 Å².